The molecule has 8 heteroatoms. The van der Waals surface area contributed by atoms with E-state index >= 15 is 0 Å². The summed E-state index contributed by atoms with van der Waals surface area (Å²) in [7, 11) is -1.89. The molecule has 0 aliphatic heterocycles. The zero-order chi connectivity index (χ0) is 13.5. The quantitative estimate of drug-likeness (QED) is 0.864. The van der Waals surface area contributed by atoms with Gasteiger partial charge in [0, 0.05) is 7.05 Å². The summed E-state index contributed by atoms with van der Waals surface area (Å²) < 4.78 is 28.6. The van der Waals surface area contributed by atoms with Crippen molar-refractivity contribution in [3.8, 4) is 0 Å². The van der Waals surface area contributed by atoms with E-state index in [-0.39, 0.29) is 4.90 Å². The van der Waals surface area contributed by atoms with Crippen LogP contribution in [0, 0.1) is 20.8 Å². The SMILES string of the molecule is Cc1n[nH]c(C)c1S(=O)(=O)Nc1cnn(C)c1C. The van der Waals surface area contributed by atoms with Crippen LogP contribution in [0.3, 0.4) is 0 Å². The maximum Gasteiger partial charge on any atom is 0.265 e. The van der Waals surface area contributed by atoms with Crippen LogP contribution in [0.2, 0.25) is 0 Å². The monoisotopic (exact) mass is 269 g/mol. The van der Waals surface area contributed by atoms with Crippen LogP contribution >= 0.6 is 0 Å². The summed E-state index contributed by atoms with van der Waals surface area (Å²) >= 11 is 0. The van der Waals surface area contributed by atoms with Gasteiger partial charge < -0.3 is 0 Å². The molecular formula is C10H15N5O2S. The van der Waals surface area contributed by atoms with Crippen LogP contribution in [0.15, 0.2) is 11.1 Å². The third kappa shape index (κ3) is 1.99. The number of hydrogen-bond donors (Lipinski definition) is 2. The summed E-state index contributed by atoms with van der Waals surface area (Å²) in [5.74, 6) is 0. The topological polar surface area (TPSA) is 92.7 Å². The molecule has 2 N–H and O–H groups in total. The third-order valence-electron chi connectivity index (χ3n) is 2.81. The van der Waals surface area contributed by atoms with Crippen molar-refractivity contribution < 1.29 is 8.42 Å². The molecule has 0 saturated heterocycles. The van der Waals surface area contributed by atoms with Gasteiger partial charge in [-0.05, 0) is 20.8 Å². The van der Waals surface area contributed by atoms with Gasteiger partial charge >= 0.3 is 0 Å². The van der Waals surface area contributed by atoms with Crippen LogP contribution in [0.5, 0.6) is 0 Å². The first-order valence-corrected chi connectivity index (χ1v) is 6.84. The standard InChI is InChI=1S/C10H15N5O2S/c1-6-10(7(2)13-12-6)18(16,17)14-9-5-11-15(4)8(9)3/h5,14H,1-4H3,(H,12,13). The Kier molecular flexibility index (Phi) is 2.89. The number of nitrogens with one attached hydrogen (secondary N) is 2. The van der Waals surface area contributed by atoms with Crippen molar-refractivity contribution in [2.75, 3.05) is 4.72 Å². The molecular weight excluding hydrogens is 254 g/mol. The molecule has 0 amide bonds. The van der Waals surface area contributed by atoms with E-state index in [9.17, 15) is 8.42 Å². The molecule has 98 valence electrons. The number of nitrogens with zero attached hydrogens (tertiary/aromatic N) is 3. The van der Waals surface area contributed by atoms with Crippen molar-refractivity contribution in [3.63, 3.8) is 0 Å². The van der Waals surface area contributed by atoms with E-state index in [4.69, 9.17) is 0 Å². The maximum atomic E-state index is 12.3. The molecule has 7 nitrogen and oxygen atoms in total. The minimum atomic E-state index is -3.64. The Hall–Kier alpha value is -1.83. The first-order valence-electron chi connectivity index (χ1n) is 5.36. The van der Waals surface area contributed by atoms with Gasteiger partial charge in [0.1, 0.15) is 4.90 Å². The van der Waals surface area contributed by atoms with Crippen molar-refractivity contribution in [3.05, 3.63) is 23.3 Å². The molecule has 0 aromatic carbocycles. The van der Waals surface area contributed by atoms with Crippen molar-refractivity contribution in [2.24, 2.45) is 7.05 Å². The number of sulfonamides is 1. The van der Waals surface area contributed by atoms with Crippen LogP contribution in [-0.2, 0) is 17.1 Å². The first-order chi connectivity index (χ1) is 8.33. The highest BCUT2D eigenvalue weighted by Crippen LogP contribution is 2.22. The van der Waals surface area contributed by atoms with Crippen molar-refractivity contribution in [2.45, 2.75) is 25.7 Å². The highest BCUT2D eigenvalue weighted by Gasteiger charge is 2.23. The second-order valence-corrected chi connectivity index (χ2v) is 5.76. The number of aromatic nitrogens is 4. The summed E-state index contributed by atoms with van der Waals surface area (Å²) in [5.41, 5.74) is 2.18. The van der Waals surface area contributed by atoms with Gasteiger partial charge in [0.05, 0.1) is 29.0 Å². The highest BCUT2D eigenvalue weighted by atomic mass is 32.2. The van der Waals surface area contributed by atoms with Crippen LogP contribution in [-0.4, -0.2) is 28.4 Å². The molecule has 0 atom stereocenters. The Labute approximate surface area is 105 Å². The minimum Gasteiger partial charge on any atom is -0.281 e. The summed E-state index contributed by atoms with van der Waals surface area (Å²) in [6.45, 7) is 5.11. The predicted molar refractivity (Wildman–Crippen MR) is 66.8 cm³/mol. The van der Waals surface area contributed by atoms with Crippen molar-refractivity contribution >= 4 is 15.7 Å². The second kappa shape index (κ2) is 4.13. The maximum absolute atomic E-state index is 12.3. The number of aryl methyl sites for hydroxylation is 3. The number of aromatic amines is 1. The van der Waals surface area contributed by atoms with Gasteiger partial charge in [-0.25, -0.2) is 8.42 Å². The van der Waals surface area contributed by atoms with Crippen molar-refractivity contribution in [1.29, 1.82) is 0 Å². The van der Waals surface area contributed by atoms with E-state index in [0.717, 1.165) is 5.69 Å². The van der Waals surface area contributed by atoms with Gasteiger partial charge in [-0.1, -0.05) is 0 Å². The number of H-pyrrole nitrogens is 1. The van der Waals surface area contributed by atoms with Gasteiger partial charge in [0.25, 0.3) is 10.0 Å². The van der Waals surface area contributed by atoms with Crippen LogP contribution in [0.1, 0.15) is 17.1 Å². The summed E-state index contributed by atoms with van der Waals surface area (Å²) in [5, 5.41) is 10.5. The molecule has 0 aliphatic rings. The van der Waals surface area contributed by atoms with E-state index in [1.54, 1.807) is 32.5 Å². The Morgan fingerprint density at radius 3 is 2.44 bits per heavy atom. The van der Waals surface area contributed by atoms with Crippen LogP contribution < -0.4 is 4.72 Å². The van der Waals surface area contributed by atoms with E-state index in [1.807, 2.05) is 0 Å². The van der Waals surface area contributed by atoms with Crippen LogP contribution in [0.25, 0.3) is 0 Å². The summed E-state index contributed by atoms with van der Waals surface area (Å²) in [6, 6.07) is 0. The number of rotatable bonds is 3. The molecule has 0 fully saturated rings. The Bertz CT molecular complexity index is 664. The predicted octanol–water partition coefficient (Wildman–Crippen LogP) is 0.869. The summed E-state index contributed by atoms with van der Waals surface area (Å²) in [4.78, 5) is 0.186. The lowest BCUT2D eigenvalue weighted by Gasteiger charge is -2.07. The van der Waals surface area contributed by atoms with E-state index < -0.39 is 10.0 Å². The zero-order valence-corrected chi connectivity index (χ0v) is 11.5. The molecule has 2 aromatic rings. The molecule has 2 heterocycles. The molecule has 2 rings (SSSR count). The van der Waals surface area contributed by atoms with Gasteiger partial charge in [-0.3, -0.25) is 14.5 Å². The fourth-order valence-electron chi connectivity index (χ4n) is 1.73. The zero-order valence-electron chi connectivity index (χ0n) is 10.6. The lowest BCUT2D eigenvalue weighted by Crippen LogP contribution is -2.15. The molecule has 0 radical (unpaired) electrons. The smallest absolute Gasteiger partial charge is 0.265 e. The molecule has 0 spiro atoms. The normalized spacial score (nSPS) is 11.8. The number of anilines is 1. The Balaban J connectivity index is 2.43. The summed E-state index contributed by atoms with van der Waals surface area (Å²) in [6.07, 6.45) is 1.48. The van der Waals surface area contributed by atoms with E-state index in [0.29, 0.717) is 17.1 Å². The fraction of sp³-hybridized carbons (Fsp3) is 0.400. The Morgan fingerprint density at radius 2 is 2.00 bits per heavy atom. The van der Waals surface area contributed by atoms with Gasteiger partial charge in [-0.15, -0.1) is 0 Å². The van der Waals surface area contributed by atoms with E-state index in [1.165, 1.54) is 6.20 Å². The molecule has 0 aliphatic carbocycles. The lowest BCUT2D eigenvalue weighted by atomic mass is 10.4. The van der Waals surface area contributed by atoms with Crippen molar-refractivity contribution in [1.82, 2.24) is 20.0 Å². The molecule has 2 aromatic heterocycles. The average molecular weight is 269 g/mol. The number of hydrogen-bond acceptors (Lipinski definition) is 4. The van der Waals surface area contributed by atoms with E-state index in [2.05, 4.69) is 20.0 Å². The fourth-order valence-corrected chi connectivity index (χ4v) is 3.21. The highest BCUT2D eigenvalue weighted by molar-refractivity contribution is 7.92. The second-order valence-electron chi connectivity index (χ2n) is 4.14. The third-order valence-corrected chi connectivity index (χ3v) is 4.44. The average Bonchev–Trinajstić information content (AvgIpc) is 2.76. The lowest BCUT2D eigenvalue weighted by molar-refractivity contribution is 0.600. The molecule has 0 bridgehead atoms. The van der Waals surface area contributed by atoms with Gasteiger partial charge in [-0.2, -0.15) is 10.2 Å². The molecule has 0 saturated carbocycles. The first kappa shape index (κ1) is 12.6. The minimum absolute atomic E-state index is 0.186. The Morgan fingerprint density at radius 1 is 1.33 bits per heavy atom. The largest absolute Gasteiger partial charge is 0.281 e. The van der Waals surface area contributed by atoms with Gasteiger partial charge in [0.2, 0.25) is 0 Å². The van der Waals surface area contributed by atoms with Crippen LogP contribution in [0.4, 0.5) is 5.69 Å². The molecule has 0 unspecified atom stereocenters. The van der Waals surface area contributed by atoms with Gasteiger partial charge in [0.15, 0.2) is 0 Å². The molecule has 18 heavy (non-hydrogen) atoms.